The summed E-state index contributed by atoms with van der Waals surface area (Å²) in [5.74, 6) is -3.49. The highest BCUT2D eigenvalue weighted by Gasteiger charge is 2.31. The van der Waals surface area contributed by atoms with E-state index in [-0.39, 0.29) is 0 Å². The lowest BCUT2D eigenvalue weighted by Crippen LogP contribution is -2.29. The molecule has 2 N–H and O–H groups in total. The summed E-state index contributed by atoms with van der Waals surface area (Å²) in [5, 5.41) is 17.7. The molecule has 0 aliphatic heterocycles. The summed E-state index contributed by atoms with van der Waals surface area (Å²) in [4.78, 5) is 21.6. The predicted octanol–water partition coefficient (Wildman–Crippen LogP) is 1.99. The van der Waals surface area contributed by atoms with Crippen molar-refractivity contribution < 1.29 is 19.8 Å². The molecular formula is C10H18O4. The van der Waals surface area contributed by atoms with Gasteiger partial charge in [-0.05, 0) is 12.8 Å². The van der Waals surface area contributed by atoms with E-state index in [1.54, 1.807) is 6.92 Å². The Bertz CT molecular complexity index is 200. The molecule has 0 saturated carbocycles. The van der Waals surface area contributed by atoms with Crippen molar-refractivity contribution >= 4 is 11.9 Å². The summed E-state index contributed by atoms with van der Waals surface area (Å²) < 4.78 is 0. The van der Waals surface area contributed by atoms with Crippen molar-refractivity contribution in [2.24, 2.45) is 11.8 Å². The number of carboxylic acids is 2. The number of rotatable bonds is 7. The van der Waals surface area contributed by atoms with E-state index in [4.69, 9.17) is 10.2 Å². The van der Waals surface area contributed by atoms with Crippen LogP contribution in [0.5, 0.6) is 0 Å². The minimum absolute atomic E-state index is 0.371. The number of carbonyl (C=O) groups is 2. The Morgan fingerprint density at radius 3 is 1.86 bits per heavy atom. The third-order valence-electron chi connectivity index (χ3n) is 2.43. The fourth-order valence-electron chi connectivity index (χ4n) is 1.55. The van der Waals surface area contributed by atoms with Gasteiger partial charge in [0.15, 0.2) is 0 Å². The Morgan fingerprint density at radius 1 is 1.07 bits per heavy atom. The van der Waals surface area contributed by atoms with E-state index in [0.717, 1.165) is 12.8 Å². The zero-order valence-electron chi connectivity index (χ0n) is 8.69. The molecule has 0 fully saturated rings. The van der Waals surface area contributed by atoms with Crippen molar-refractivity contribution in [1.29, 1.82) is 0 Å². The lowest BCUT2D eigenvalue weighted by atomic mass is 9.86. The average Bonchev–Trinajstić information content (AvgIpc) is 2.10. The average molecular weight is 202 g/mol. The topological polar surface area (TPSA) is 74.6 Å². The van der Waals surface area contributed by atoms with Gasteiger partial charge in [0.05, 0.1) is 11.8 Å². The minimum Gasteiger partial charge on any atom is -0.481 e. The van der Waals surface area contributed by atoms with Crippen molar-refractivity contribution in [3.05, 3.63) is 0 Å². The zero-order chi connectivity index (χ0) is 11.1. The summed E-state index contributed by atoms with van der Waals surface area (Å²) in [6.45, 7) is 3.67. The van der Waals surface area contributed by atoms with Gasteiger partial charge in [0.1, 0.15) is 0 Å². The van der Waals surface area contributed by atoms with Crippen LogP contribution in [0.2, 0.25) is 0 Å². The Morgan fingerprint density at radius 2 is 1.57 bits per heavy atom. The molecule has 0 bridgehead atoms. The maximum atomic E-state index is 10.8. The third kappa shape index (κ3) is 3.77. The van der Waals surface area contributed by atoms with Crippen LogP contribution in [0, 0.1) is 11.8 Å². The first-order chi connectivity index (χ1) is 6.54. The molecule has 0 rings (SSSR count). The van der Waals surface area contributed by atoms with Crippen LogP contribution in [0.25, 0.3) is 0 Å². The molecule has 0 aliphatic carbocycles. The molecule has 14 heavy (non-hydrogen) atoms. The van der Waals surface area contributed by atoms with Gasteiger partial charge < -0.3 is 10.2 Å². The normalized spacial score (nSPS) is 14.7. The quantitative estimate of drug-likeness (QED) is 0.662. The standard InChI is InChI=1S/C10H18O4/c1-3-5-6-8(10(13)14)7(4-2)9(11)12/h7-8H,3-6H2,1-2H3,(H,11,12)(H,13,14). The van der Waals surface area contributed by atoms with Crippen LogP contribution >= 0.6 is 0 Å². The molecule has 0 radical (unpaired) electrons. The maximum absolute atomic E-state index is 10.8. The van der Waals surface area contributed by atoms with Gasteiger partial charge in [0.25, 0.3) is 0 Å². The molecule has 0 aromatic heterocycles. The van der Waals surface area contributed by atoms with E-state index in [1.165, 1.54) is 0 Å². The van der Waals surface area contributed by atoms with Crippen molar-refractivity contribution in [2.75, 3.05) is 0 Å². The number of unbranched alkanes of at least 4 members (excludes halogenated alkanes) is 1. The van der Waals surface area contributed by atoms with Gasteiger partial charge in [-0.25, -0.2) is 0 Å². The molecule has 2 unspecified atom stereocenters. The van der Waals surface area contributed by atoms with Gasteiger partial charge in [-0.1, -0.05) is 26.7 Å². The van der Waals surface area contributed by atoms with E-state index >= 15 is 0 Å². The number of carboxylic acid groups (broad SMARTS) is 2. The van der Waals surface area contributed by atoms with Crippen LogP contribution in [0.1, 0.15) is 39.5 Å². The third-order valence-corrected chi connectivity index (χ3v) is 2.43. The number of hydrogen-bond donors (Lipinski definition) is 2. The Hall–Kier alpha value is -1.06. The Balaban J connectivity index is 4.44. The number of aliphatic carboxylic acids is 2. The predicted molar refractivity (Wildman–Crippen MR) is 52.1 cm³/mol. The summed E-state index contributed by atoms with van der Waals surface area (Å²) in [6, 6.07) is 0. The van der Waals surface area contributed by atoms with Gasteiger partial charge in [-0.2, -0.15) is 0 Å². The highest BCUT2D eigenvalue weighted by molar-refractivity contribution is 5.79. The second-order valence-electron chi connectivity index (χ2n) is 3.44. The highest BCUT2D eigenvalue weighted by atomic mass is 16.4. The monoisotopic (exact) mass is 202 g/mol. The van der Waals surface area contributed by atoms with Crippen LogP contribution < -0.4 is 0 Å². The highest BCUT2D eigenvalue weighted by Crippen LogP contribution is 2.22. The van der Waals surface area contributed by atoms with Gasteiger partial charge >= 0.3 is 11.9 Å². The van der Waals surface area contributed by atoms with E-state index in [9.17, 15) is 9.59 Å². The van der Waals surface area contributed by atoms with Crippen molar-refractivity contribution in [1.82, 2.24) is 0 Å². The maximum Gasteiger partial charge on any atom is 0.307 e. The molecule has 4 nitrogen and oxygen atoms in total. The molecule has 0 amide bonds. The first-order valence-electron chi connectivity index (χ1n) is 5.00. The second kappa shape index (κ2) is 6.40. The van der Waals surface area contributed by atoms with E-state index in [0.29, 0.717) is 12.8 Å². The fraction of sp³-hybridized carbons (Fsp3) is 0.800. The lowest BCUT2D eigenvalue weighted by Gasteiger charge is -2.18. The molecule has 0 aromatic rings. The molecule has 0 aromatic carbocycles. The Labute approximate surface area is 83.9 Å². The molecule has 0 saturated heterocycles. The van der Waals surface area contributed by atoms with Crippen molar-refractivity contribution in [3.63, 3.8) is 0 Å². The van der Waals surface area contributed by atoms with E-state index in [1.807, 2.05) is 6.92 Å². The molecule has 0 spiro atoms. The largest absolute Gasteiger partial charge is 0.481 e. The minimum atomic E-state index is -1.00. The molecule has 82 valence electrons. The molecular weight excluding hydrogens is 184 g/mol. The molecule has 0 heterocycles. The van der Waals surface area contributed by atoms with Crippen LogP contribution in [-0.4, -0.2) is 22.2 Å². The second-order valence-corrected chi connectivity index (χ2v) is 3.44. The zero-order valence-corrected chi connectivity index (χ0v) is 8.69. The van der Waals surface area contributed by atoms with Crippen LogP contribution in [0.4, 0.5) is 0 Å². The summed E-state index contributed by atoms with van der Waals surface area (Å²) in [7, 11) is 0. The van der Waals surface area contributed by atoms with E-state index in [2.05, 4.69) is 0 Å². The van der Waals surface area contributed by atoms with Gasteiger partial charge in [-0.3, -0.25) is 9.59 Å². The van der Waals surface area contributed by atoms with Crippen LogP contribution in [-0.2, 0) is 9.59 Å². The van der Waals surface area contributed by atoms with Gasteiger partial charge in [0.2, 0.25) is 0 Å². The summed E-state index contributed by atoms with van der Waals surface area (Å²) >= 11 is 0. The fourth-order valence-corrected chi connectivity index (χ4v) is 1.55. The van der Waals surface area contributed by atoms with Gasteiger partial charge in [-0.15, -0.1) is 0 Å². The van der Waals surface area contributed by atoms with Crippen molar-refractivity contribution in [3.8, 4) is 0 Å². The van der Waals surface area contributed by atoms with E-state index < -0.39 is 23.8 Å². The van der Waals surface area contributed by atoms with Gasteiger partial charge in [0, 0.05) is 0 Å². The number of hydrogen-bond acceptors (Lipinski definition) is 2. The molecule has 0 aliphatic rings. The Kier molecular flexibility index (Phi) is 5.92. The van der Waals surface area contributed by atoms with Crippen molar-refractivity contribution in [2.45, 2.75) is 39.5 Å². The molecule has 2 atom stereocenters. The smallest absolute Gasteiger partial charge is 0.307 e. The first kappa shape index (κ1) is 12.9. The van der Waals surface area contributed by atoms with Crippen LogP contribution in [0.15, 0.2) is 0 Å². The van der Waals surface area contributed by atoms with Crippen LogP contribution in [0.3, 0.4) is 0 Å². The molecule has 4 heteroatoms. The lowest BCUT2D eigenvalue weighted by molar-refractivity contribution is -0.154. The first-order valence-corrected chi connectivity index (χ1v) is 5.00. The summed E-state index contributed by atoms with van der Waals surface area (Å²) in [6.07, 6.45) is 2.48. The summed E-state index contributed by atoms with van der Waals surface area (Å²) in [5.41, 5.74) is 0. The SMILES string of the molecule is CCCCC(C(=O)O)C(CC)C(=O)O.